The lowest BCUT2D eigenvalue weighted by Crippen LogP contribution is -2.31. The molecule has 0 saturated heterocycles. The molecule has 27 heavy (non-hydrogen) atoms. The van der Waals surface area contributed by atoms with Gasteiger partial charge in [-0.3, -0.25) is 0 Å². The van der Waals surface area contributed by atoms with Crippen molar-refractivity contribution in [2.45, 2.75) is 33.9 Å². The minimum Gasteiger partial charge on any atom is -0.340 e. The first kappa shape index (κ1) is 19.9. The second-order valence-electron chi connectivity index (χ2n) is 6.96. The summed E-state index contributed by atoms with van der Waals surface area (Å²) in [5.41, 5.74) is 5.13. The van der Waals surface area contributed by atoms with E-state index in [2.05, 4.69) is 72.0 Å². The maximum Gasteiger partial charge on any atom is 0.0493 e. The smallest absolute Gasteiger partial charge is 0.0493 e. The molecule has 3 aromatic rings. The number of hydrogen-bond donors (Lipinski definition) is 1. The molecule has 0 aliphatic heterocycles. The van der Waals surface area contributed by atoms with Gasteiger partial charge in [-0.1, -0.05) is 61.8 Å². The Bertz CT molecular complexity index is 880. The number of rotatable bonds is 9. The third kappa shape index (κ3) is 4.55. The Labute approximate surface area is 167 Å². The molecule has 0 saturated carbocycles. The number of fused-ring (bicyclic) bond motifs is 1. The van der Waals surface area contributed by atoms with Crippen LogP contribution in [0.4, 0.5) is 0 Å². The van der Waals surface area contributed by atoms with Crippen molar-refractivity contribution in [2.24, 2.45) is 0 Å². The van der Waals surface area contributed by atoms with Crippen LogP contribution in [0.1, 0.15) is 30.7 Å². The van der Waals surface area contributed by atoms with Gasteiger partial charge in [-0.05, 0) is 43.3 Å². The molecular weight excluding hydrogens is 354 g/mol. The molecule has 0 radical (unpaired) electrons. The first-order chi connectivity index (χ1) is 13.2. The molecule has 0 unspecified atom stereocenters. The summed E-state index contributed by atoms with van der Waals surface area (Å²) in [5, 5.41) is 5.80. The van der Waals surface area contributed by atoms with Crippen molar-refractivity contribution in [2.75, 3.05) is 26.2 Å². The van der Waals surface area contributed by atoms with Crippen LogP contribution in [0.15, 0.2) is 48.5 Å². The van der Waals surface area contributed by atoms with Crippen LogP contribution in [0.5, 0.6) is 0 Å². The summed E-state index contributed by atoms with van der Waals surface area (Å²) in [6.45, 7) is 12.6. The average Bonchev–Trinajstić information content (AvgIpc) is 2.95. The quantitative estimate of drug-likeness (QED) is 0.520. The van der Waals surface area contributed by atoms with Gasteiger partial charge in [-0.15, -0.1) is 0 Å². The number of aromatic nitrogens is 1. The first-order valence-electron chi connectivity index (χ1n) is 9.88. The molecule has 0 aliphatic rings. The van der Waals surface area contributed by atoms with Gasteiger partial charge in [0.2, 0.25) is 0 Å². The Balaban J connectivity index is 1.82. The van der Waals surface area contributed by atoms with Crippen molar-refractivity contribution in [3.63, 3.8) is 0 Å². The summed E-state index contributed by atoms with van der Waals surface area (Å²) < 4.78 is 2.39. The fourth-order valence-corrected chi connectivity index (χ4v) is 3.91. The van der Waals surface area contributed by atoms with E-state index in [9.17, 15) is 0 Å². The van der Waals surface area contributed by atoms with Gasteiger partial charge in [-0.25, -0.2) is 0 Å². The van der Waals surface area contributed by atoms with E-state index < -0.39 is 0 Å². The van der Waals surface area contributed by atoms with Crippen LogP contribution < -0.4 is 5.32 Å². The Hall–Kier alpha value is -1.81. The molecule has 0 atom stereocenters. The van der Waals surface area contributed by atoms with Gasteiger partial charge < -0.3 is 14.8 Å². The molecule has 0 aliphatic carbocycles. The Morgan fingerprint density at radius 2 is 1.70 bits per heavy atom. The van der Waals surface area contributed by atoms with E-state index in [0.29, 0.717) is 0 Å². The topological polar surface area (TPSA) is 20.2 Å². The molecule has 4 heteroatoms. The summed E-state index contributed by atoms with van der Waals surface area (Å²) >= 11 is 6.41. The summed E-state index contributed by atoms with van der Waals surface area (Å²) in [6, 6.07) is 16.8. The summed E-state index contributed by atoms with van der Waals surface area (Å²) in [7, 11) is 0. The molecule has 1 heterocycles. The van der Waals surface area contributed by atoms with Gasteiger partial charge in [0.25, 0.3) is 0 Å². The van der Waals surface area contributed by atoms with E-state index in [-0.39, 0.29) is 0 Å². The Morgan fingerprint density at radius 3 is 2.44 bits per heavy atom. The summed E-state index contributed by atoms with van der Waals surface area (Å²) in [4.78, 5) is 2.44. The van der Waals surface area contributed by atoms with Crippen molar-refractivity contribution < 1.29 is 0 Å². The van der Waals surface area contributed by atoms with Crippen LogP contribution in [0.3, 0.4) is 0 Å². The van der Waals surface area contributed by atoms with Crippen molar-refractivity contribution in [3.8, 4) is 0 Å². The van der Waals surface area contributed by atoms with Gasteiger partial charge >= 0.3 is 0 Å². The number of nitrogens with zero attached hydrogens (tertiary/aromatic N) is 2. The van der Waals surface area contributed by atoms with E-state index in [1.54, 1.807) is 0 Å². The third-order valence-corrected chi connectivity index (χ3v) is 5.82. The molecule has 0 amide bonds. The molecule has 1 N–H and O–H groups in total. The highest BCUT2D eigenvalue weighted by molar-refractivity contribution is 6.31. The predicted octanol–water partition coefficient (Wildman–Crippen LogP) is 5.08. The highest BCUT2D eigenvalue weighted by atomic mass is 35.5. The van der Waals surface area contributed by atoms with Gasteiger partial charge in [0, 0.05) is 47.8 Å². The fourth-order valence-electron chi connectivity index (χ4n) is 3.72. The van der Waals surface area contributed by atoms with Crippen molar-refractivity contribution in [1.82, 2.24) is 14.8 Å². The molecular formula is C23H30ClN3. The molecule has 1 aromatic heterocycles. The van der Waals surface area contributed by atoms with E-state index in [1.165, 1.54) is 22.2 Å². The lowest BCUT2D eigenvalue weighted by atomic mass is 10.1. The summed E-state index contributed by atoms with van der Waals surface area (Å²) in [6.07, 6.45) is 0. The van der Waals surface area contributed by atoms with Gasteiger partial charge in [0.05, 0.1) is 0 Å². The zero-order valence-electron chi connectivity index (χ0n) is 16.6. The minimum absolute atomic E-state index is 0.797. The lowest BCUT2D eigenvalue weighted by molar-refractivity contribution is 0.302. The van der Waals surface area contributed by atoms with Crippen molar-refractivity contribution in [1.29, 1.82) is 0 Å². The number of likely N-dealkylation sites (N-methyl/N-ethyl adjacent to an activating group) is 1. The number of nitrogens with one attached hydrogen (secondary N) is 1. The monoisotopic (exact) mass is 383 g/mol. The van der Waals surface area contributed by atoms with Crippen molar-refractivity contribution in [3.05, 3.63) is 70.4 Å². The largest absolute Gasteiger partial charge is 0.340 e. The minimum atomic E-state index is 0.797. The van der Waals surface area contributed by atoms with Crippen LogP contribution >= 0.6 is 11.6 Å². The van der Waals surface area contributed by atoms with Crippen LogP contribution in [-0.4, -0.2) is 35.6 Å². The highest BCUT2D eigenvalue weighted by Gasteiger charge is 2.14. The number of halogens is 1. The zero-order valence-corrected chi connectivity index (χ0v) is 17.4. The Kier molecular flexibility index (Phi) is 6.95. The van der Waals surface area contributed by atoms with Crippen molar-refractivity contribution >= 4 is 22.5 Å². The standard InChI is InChI=1S/C23H30ClN3/c1-4-26(5-2)15-14-25-16-21-18(3)27(23-13-9-7-11-20(21)23)17-19-10-6-8-12-22(19)24/h6-13,25H,4-5,14-17H2,1-3H3. The molecule has 0 spiro atoms. The van der Waals surface area contributed by atoms with E-state index >= 15 is 0 Å². The van der Waals surface area contributed by atoms with Crippen LogP contribution in [-0.2, 0) is 13.1 Å². The number of benzene rings is 2. The second-order valence-corrected chi connectivity index (χ2v) is 7.37. The maximum atomic E-state index is 6.41. The maximum absolute atomic E-state index is 6.41. The third-order valence-electron chi connectivity index (χ3n) is 5.45. The van der Waals surface area contributed by atoms with Gasteiger partial charge in [0.1, 0.15) is 0 Å². The van der Waals surface area contributed by atoms with Gasteiger partial charge in [-0.2, -0.15) is 0 Å². The predicted molar refractivity (Wildman–Crippen MR) is 117 cm³/mol. The molecule has 2 aromatic carbocycles. The van der Waals surface area contributed by atoms with E-state index in [0.717, 1.165) is 49.9 Å². The van der Waals surface area contributed by atoms with Crippen LogP contribution in [0, 0.1) is 6.92 Å². The highest BCUT2D eigenvalue weighted by Crippen LogP contribution is 2.28. The number of hydrogen-bond acceptors (Lipinski definition) is 2. The molecule has 3 nitrogen and oxygen atoms in total. The van der Waals surface area contributed by atoms with E-state index in [1.807, 2.05) is 12.1 Å². The second kappa shape index (κ2) is 9.41. The lowest BCUT2D eigenvalue weighted by Gasteiger charge is -2.18. The fraction of sp³-hybridized carbons (Fsp3) is 0.391. The zero-order chi connectivity index (χ0) is 19.2. The van der Waals surface area contributed by atoms with Crippen LogP contribution in [0.2, 0.25) is 5.02 Å². The first-order valence-corrected chi connectivity index (χ1v) is 10.3. The molecule has 3 rings (SSSR count). The van der Waals surface area contributed by atoms with E-state index in [4.69, 9.17) is 11.6 Å². The normalized spacial score (nSPS) is 11.6. The SMILES string of the molecule is CCN(CC)CCNCc1c(C)n(Cc2ccccc2Cl)c2ccccc12. The van der Waals surface area contributed by atoms with Crippen LogP contribution in [0.25, 0.3) is 10.9 Å². The number of para-hydroxylation sites is 1. The molecule has 144 valence electrons. The van der Waals surface area contributed by atoms with Gasteiger partial charge in [0.15, 0.2) is 0 Å². The Morgan fingerprint density at radius 1 is 1.00 bits per heavy atom. The molecule has 0 bridgehead atoms. The summed E-state index contributed by atoms with van der Waals surface area (Å²) in [5.74, 6) is 0. The average molecular weight is 384 g/mol. The molecule has 0 fully saturated rings.